The molecule has 2 nitrogen and oxygen atoms in total. The van der Waals surface area contributed by atoms with Gasteiger partial charge in [-0.05, 0) is 12.1 Å². The standard InChI is InChI=1S/C11H11ClN2/c1-14-7-8(6-11(14)13)9-4-2-3-5-10(9)12/h2-7H,13H2,1H3. The highest BCUT2D eigenvalue weighted by molar-refractivity contribution is 6.33. The average Bonchev–Trinajstić information content (AvgIpc) is 2.48. The van der Waals surface area contributed by atoms with Gasteiger partial charge in [0.2, 0.25) is 0 Å². The highest BCUT2D eigenvalue weighted by Gasteiger charge is 2.05. The predicted octanol–water partition coefficient (Wildman–Crippen LogP) is 2.93. The van der Waals surface area contributed by atoms with Crippen LogP contribution in [0.4, 0.5) is 5.82 Å². The van der Waals surface area contributed by atoms with Crippen molar-refractivity contribution in [3.05, 3.63) is 41.6 Å². The molecule has 0 fully saturated rings. The maximum Gasteiger partial charge on any atom is 0.103 e. The van der Waals surface area contributed by atoms with Crippen LogP contribution in [0.3, 0.4) is 0 Å². The highest BCUT2D eigenvalue weighted by atomic mass is 35.5. The van der Waals surface area contributed by atoms with Crippen LogP contribution in [0.2, 0.25) is 5.02 Å². The molecule has 2 N–H and O–H groups in total. The van der Waals surface area contributed by atoms with E-state index in [-0.39, 0.29) is 0 Å². The third kappa shape index (κ3) is 1.49. The van der Waals surface area contributed by atoms with Gasteiger partial charge in [0.15, 0.2) is 0 Å². The predicted molar refractivity (Wildman–Crippen MR) is 60.3 cm³/mol. The van der Waals surface area contributed by atoms with Crippen molar-refractivity contribution in [1.29, 1.82) is 0 Å². The first-order chi connectivity index (χ1) is 6.68. The zero-order valence-corrected chi connectivity index (χ0v) is 8.62. The number of aryl methyl sites for hydroxylation is 1. The van der Waals surface area contributed by atoms with Crippen LogP contribution in [0.5, 0.6) is 0 Å². The van der Waals surface area contributed by atoms with E-state index in [1.54, 1.807) is 0 Å². The summed E-state index contributed by atoms with van der Waals surface area (Å²) in [4.78, 5) is 0. The van der Waals surface area contributed by atoms with Gasteiger partial charge in [-0.15, -0.1) is 0 Å². The summed E-state index contributed by atoms with van der Waals surface area (Å²) < 4.78 is 1.87. The van der Waals surface area contributed by atoms with Crippen molar-refractivity contribution in [3.63, 3.8) is 0 Å². The Hall–Kier alpha value is -1.41. The Morgan fingerprint density at radius 3 is 2.57 bits per heavy atom. The van der Waals surface area contributed by atoms with E-state index in [0.29, 0.717) is 0 Å². The molecule has 3 heteroatoms. The van der Waals surface area contributed by atoms with Crippen LogP contribution in [0.15, 0.2) is 36.5 Å². The van der Waals surface area contributed by atoms with Crippen molar-refractivity contribution in [1.82, 2.24) is 4.57 Å². The lowest BCUT2D eigenvalue weighted by molar-refractivity contribution is 0.942. The molecule has 0 atom stereocenters. The van der Waals surface area contributed by atoms with E-state index in [4.69, 9.17) is 17.3 Å². The molecule has 0 aliphatic rings. The van der Waals surface area contributed by atoms with Gasteiger partial charge < -0.3 is 10.3 Å². The minimum atomic E-state index is 0.736. The second-order valence-electron chi connectivity index (χ2n) is 3.24. The Morgan fingerprint density at radius 2 is 2.00 bits per heavy atom. The second-order valence-corrected chi connectivity index (χ2v) is 3.65. The minimum absolute atomic E-state index is 0.736. The smallest absolute Gasteiger partial charge is 0.103 e. The van der Waals surface area contributed by atoms with Crippen molar-refractivity contribution in [2.75, 3.05) is 5.73 Å². The van der Waals surface area contributed by atoms with E-state index >= 15 is 0 Å². The number of rotatable bonds is 1. The number of nitrogens with two attached hydrogens (primary N) is 1. The van der Waals surface area contributed by atoms with Crippen LogP contribution in [0.25, 0.3) is 11.1 Å². The average molecular weight is 207 g/mol. The lowest BCUT2D eigenvalue weighted by Crippen LogP contribution is -1.92. The van der Waals surface area contributed by atoms with Gasteiger partial charge in [0.1, 0.15) is 5.82 Å². The molecule has 1 aromatic carbocycles. The number of halogens is 1. The molecule has 0 saturated heterocycles. The number of aromatic nitrogens is 1. The van der Waals surface area contributed by atoms with E-state index in [1.807, 2.05) is 48.1 Å². The Balaban J connectivity index is 2.55. The Bertz CT molecular complexity index is 441. The fraction of sp³-hybridized carbons (Fsp3) is 0.0909. The molecule has 0 aliphatic heterocycles. The summed E-state index contributed by atoms with van der Waals surface area (Å²) in [5.41, 5.74) is 7.81. The molecule has 2 rings (SSSR count). The fourth-order valence-corrected chi connectivity index (χ4v) is 1.67. The van der Waals surface area contributed by atoms with Crippen LogP contribution in [-0.4, -0.2) is 4.57 Å². The number of anilines is 1. The summed E-state index contributed by atoms with van der Waals surface area (Å²) in [5, 5.41) is 0.748. The van der Waals surface area contributed by atoms with E-state index in [2.05, 4.69) is 0 Å². The first kappa shape index (κ1) is 9.16. The van der Waals surface area contributed by atoms with Gasteiger partial charge in [-0.3, -0.25) is 0 Å². The van der Waals surface area contributed by atoms with Crippen LogP contribution < -0.4 is 5.73 Å². The van der Waals surface area contributed by atoms with Crippen molar-refractivity contribution in [2.45, 2.75) is 0 Å². The summed E-state index contributed by atoms with van der Waals surface area (Å²) in [7, 11) is 1.91. The SMILES string of the molecule is Cn1cc(-c2ccccc2Cl)cc1N. The van der Waals surface area contributed by atoms with Crippen LogP contribution in [0.1, 0.15) is 0 Å². The normalized spacial score (nSPS) is 10.4. The van der Waals surface area contributed by atoms with Gasteiger partial charge >= 0.3 is 0 Å². The number of nitrogen functional groups attached to an aromatic ring is 1. The topological polar surface area (TPSA) is 30.9 Å². The van der Waals surface area contributed by atoms with Gasteiger partial charge in [0.25, 0.3) is 0 Å². The van der Waals surface area contributed by atoms with Crippen LogP contribution >= 0.6 is 11.6 Å². The number of nitrogens with zero attached hydrogens (tertiary/aromatic N) is 1. The molecule has 0 spiro atoms. The minimum Gasteiger partial charge on any atom is -0.385 e. The monoisotopic (exact) mass is 206 g/mol. The molecular formula is C11H11ClN2. The molecule has 0 unspecified atom stereocenters. The van der Waals surface area contributed by atoms with Crippen LogP contribution in [0, 0.1) is 0 Å². The molecule has 0 bridgehead atoms. The second kappa shape index (κ2) is 3.39. The van der Waals surface area contributed by atoms with Gasteiger partial charge in [-0.25, -0.2) is 0 Å². The molecule has 72 valence electrons. The fourth-order valence-electron chi connectivity index (χ4n) is 1.42. The van der Waals surface area contributed by atoms with Crippen LogP contribution in [-0.2, 0) is 7.05 Å². The number of hydrogen-bond donors (Lipinski definition) is 1. The zero-order valence-electron chi connectivity index (χ0n) is 7.87. The van der Waals surface area contributed by atoms with Gasteiger partial charge in [0, 0.05) is 29.4 Å². The molecule has 2 aromatic rings. The van der Waals surface area contributed by atoms with Crippen molar-refractivity contribution in [3.8, 4) is 11.1 Å². The molecule has 0 radical (unpaired) electrons. The first-order valence-corrected chi connectivity index (χ1v) is 4.73. The molecule has 14 heavy (non-hydrogen) atoms. The van der Waals surface area contributed by atoms with E-state index in [1.165, 1.54) is 0 Å². The highest BCUT2D eigenvalue weighted by Crippen LogP contribution is 2.29. The largest absolute Gasteiger partial charge is 0.385 e. The molecule has 1 heterocycles. The Kier molecular flexibility index (Phi) is 2.22. The van der Waals surface area contributed by atoms with Gasteiger partial charge in [0.05, 0.1) is 0 Å². The quantitative estimate of drug-likeness (QED) is 0.764. The van der Waals surface area contributed by atoms with E-state index < -0.39 is 0 Å². The Morgan fingerprint density at radius 1 is 1.29 bits per heavy atom. The van der Waals surface area contributed by atoms with Gasteiger partial charge in [-0.1, -0.05) is 29.8 Å². The lowest BCUT2D eigenvalue weighted by atomic mass is 10.1. The van der Waals surface area contributed by atoms with Crippen molar-refractivity contribution >= 4 is 17.4 Å². The molecule has 1 aromatic heterocycles. The van der Waals surface area contributed by atoms with Crippen molar-refractivity contribution in [2.24, 2.45) is 7.05 Å². The maximum atomic E-state index is 6.07. The molecule has 0 aliphatic carbocycles. The Labute approximate surface area is 87.9 Å². The summed E-state index contributed by atoms with van der Waals surface area (Å²) in [6.45, 7) is 0. The third-order valence-electron chi connectivity index (χ3n) is 2.23. The molecule has 0 amide bonds. The molecular weight excluding hydrogens is 196 g/mol. The third-order valence-corrected chi connectivity index (χ3v) is 2.56. The summed E-state index contributed by atoms with van der Waals surface area (Å²) in [6, 6.07) is 9.65. The lowest BCUT2D eigenvalue weighted by Gasteiger charge is -1.99. The summed E-state index contributed by atoms with van der Waals surface area (Å²) in [5.74, 6) is 0.736. The molecule has 0 saturated carbocycles. The summed E-state index contributed by atoms with van der Waals surface area (Å²) in [6.07, 6.45) is 1.97. The maximum absolute atomic E-state index is 6.07. The number of hydrogen-bond acceptors (Lipinski definition) is 1. The first-order valence-electron chi connectivity index (χ1n) is 4.35. The zero-order chi connectivity index (χ0) is 10.1. The van der Waals surface area contributed by atoms with Gasteiger partial charge in [-0.2, -0.15) is 0 Å². The van der Waals surface area contributed by atoms with Crippen molar-refractivity contribution < 1.29 is 0 Å². The van der Waals surface area contributed by atoms with E-state index in [0.717, 1.165) is 22.0 Å². The van der Waals surface area contributed by atoms with E-state index in [9.17, 15) is 0 Å². The number of benzene rings is 1. The summed E-state index contributed by atoms with van der Waals surface area (Å²) >= 11 is 6.07.